The van der Waals surface area contributed by atoms with Crippen LogP contribution in [0.15, 0.2) is 0 Å². The zero-order valence-corrected chi connectivity index (χ0v) is 15.4. The molecule has 0 amide bonds. The monoisotopic (exact) mass is 268 g/mol. The van der Waals surface area contributed by atoms with Gasteiger partial charge >= 0.3 is 0 Å². The Labute approximate surface area is 123 Å². The molecule has 0 fully saturated rings. The van der Waals surface area contributed by atoms with E-state index in [0.29, 0.717) is 5.41 Å². The van der Waals surface area contributed by atoms with Crippen LogP contribution in [0.1, 0.15) is 82.1 Å². The van der Waals surface area contributed by atoms with Crippen molar-refractivity contribution in [2.45, 2.75) is 82.1 Å². The van der Waals surface area contributed by atoms with Crippen molar-refractivity contribution in [2.75, 3.05) is 0 Å². The molecule has 0 aliphatic rings. The first-order valence-electron chi connectivity index (χ1n) is 8.54. The van der Waals surface area contributed by atoms with E-state index in [1.807, 2.05) is 0 Å². The molecule has 0 bridgehead atoms. The second-order valence-corrected chi connectivity index (χ2v) is 8.60. The third-order valence-electron chi connectivity index (χ3n) is 4.83. The summed E-state index contributed by atoms with van der Waals surface area (Å²) in [4.78, 5) is 0. The fraction of sp³-hybridized carbons (Fsp3) is 1.00. The molecule has 116 valence electrons. The molecule has 0 spiro atoms. The normalized spacial score (nSPS) is 13.9. The fourth-order valence-electron chi connectivity index (χ4n) is 4.83. The van der Waals surface area contributed by atoms with E-state index in [9.17, 15) is 0 Å². The molecule has 0 nitrogen and oxygen atoms in total. The average molecular weight is 269 g/mol. The van der Waals surface area contributed by atoms with Crippen LogP contribution in [-0.2, 0) is 0 Å². The molecule has 0 saturated heterocycles. The van der Waals surface area contributed by atoms with Crippen molar-refractivity contribution < 1.29 is 0 Å². The highest BCUT2D eigenvalue weighted by molar-refractivity contribution is 4.93. The van der Waals surface area contributed by atoms with Crippen molar-refractivity contribution in [3.63, 3.8) is 0 Å². The first-order chi connectivity index (χ1) is 8.54. The van der Waals surface area contributed by atoms with E-state index in [0.717, 1.165) is 35.5 Å². The highest BCUT2D eigenvalue weighted by Crippen LogP contribution is 2.52. The van der Waals surface area contributed by atoms with Gasteiger partial charge in [0.25, 0.3) is 0 Å². The van der Waals surface area contributed by atoms with Crippen LogP contribution in [0.3, 0.4) is 0 Å². The van der Waals surface area contributed by atoms with Gasteiger partial charge in [0, 0.05) is 0 Å². The molecule has 0 saturated carbocycles. The maximum Gasteiger partial charge on any atom is -0.0236 e. The zero-order valence-electron chi connectivity index (χ0n) is 15.4. The molecule has 0 aliphatic carbocycles. The lowest BCUT2D eigenvalue weighted by Crippen LogP contribution is -2.43. The van der Waals surface area contributed by atoms with Crippen LogP contribution >= 0.6 is 0 Å². The highest BCUT2D eigenvalue weighted by Gasteiger charge is 2.44. The maximum atomic E-state index is 2.46. The Balaban J connectivity index is 5.63. The Hall–Kier alpha value is 0. The Morgan fingerprint density at radius 3 is 1.05 bits per heavy atom. The number of hydrogen-bond acceptors (Lipinski definition) is 0. The largest absolute Gasteiger partial charge is 0.0628 e. The van der Waals surface area contributed by atoms with Gasteiger partial charge in [0.05, 0.1) is 0 Å². The Morgan fingerprint density at radius 2 is 0.895 bits per heavy atom. The fourth-order valence-corrected chi connectivity index (χ4v) is 4.83. The minimum Gasteiger partial charge on any atom is -0.0628 e. The lowest BCUT2D eigenvalue weighted by Gasteiger charge is -2.50. The molecule has 0 aliphatic heterocycles. The first-order valence-corrected chi connectivity index (χ1v) is 8.54. The molecular formula is C19H40. The van der Waals surface area contributed by atoms with E-state index >= 15 is 0 Å². The second-order valence-electron chi connectivity index (χ2n) is 8.60. The van der Waals surface area contributed by atoms with Gasteiger partial charge in [-0.15, -0.1) is 0 Å². The van der Waals surface area contributed by atoms with E-state index in [1.165, 1.54) is 12.8 Å². The second kappa shape index (κ2) is 7.70. The van der Waals surface area contributed by atoms with Gasteiger partial charge in [-0.2, -0.15) is 0 Å². The van der Waals surface area contributed by atoms with Crippen LogP contribution in [-0.4, -0.2) is 0 Å². The molecule has 0 heterocycles. The highest BCUT2D eigenvalue weighted by atomic mass is 14.5. The lowest BCUT2D eigenvalue weighted by atomic mass is 9.54. The maximum absolute atomic E-state index is 2.46. The van der Waals surface area contributed by atoms with Crippen LogP contribution in [0.4, 0.5) is 0 Å². The Bertz CT molecular complexity index is 214. The van der Waals surface area contributed by atoms with Gasteiger partial charge in [-0.1, -0.05) is 69.2 Å². The quantitative estimate of drug-likeness (QED) is 0.462. The molecule has 0 unspecified atom stereocenters. The van der Waals surface area contributed by atoms with Crippen molar-refractivity contribution in [3.8, 4) is 0 Å². The standard InChI is InChI=1S/C19H40/c1-13(2)11-19(17(9)10,12-14(3)4)18(15(5)6)16(7)8/h13-18H,11-12H2,1-10H3. The number of hydrogen-bond donors (Lipinski definition) is 0. The van der Waals surface area contributed by atoms with Crippen molar-refractivity contribution in [3.05, 3.63) is 0 Å². The molecule has 19 heavy (non-hydrogen) atoms. The molecule has 0 rings (SSSR count). The van der Waals surface area contributed by atoms with Crippen molar-refractivity contribution in [1.29, 1.82) is 0 Å². The lowest BCUT2D eigenvalue weighted by molar-refractivity contribution is -0.0161. The predicted molar refractivity (Wildman–Crippen MR) is 89.3 cm³/mol. The molecule has 0 atom stereocenters. The molecule has 0 aromatic rings. The summed E-state index contributed by atoms with van der Waals surface area (Å²) in [7, 11) is 0. The molecule has 0 heteroatoms. The summed E-state index contributed by atoms with van der Waals surface area (Å²) in [6, 6.07) is 0. The van der Waals surface area contributed by atoms with Gasteiger partial charge in [0.2, 0.25) is 0 Å². The summed E-state index contributed by atoms with van der Waals surface area (Å²) in [5, 5.41) is 0. The first kappa shape index (κ1) is 19.0. The van der Waals surface area contributed by atoms with E-state index < -0.39 is 0 Å². The van der Waals surface area contributed by atoms with E-state index in [1.54, 1.807) is 0 Å². The SMILES string of the molecule is CC(C)CC(CC(C)C)(C(C)C)C(C(C)C)C(C)C. The van der Waals surface area contributed by atoms with Gasteiger partial charge < -0.3 is 0 Å². The smallest absolute Gasteiger partial charge is 0.0236 e. The molecule has 0 radical (unpaired) electrons. The van der Waals surface area contributed by atoms with E-state index in [-0.39, 0.29) is 0 Å². The van der Waals surface area contributed by atoms with Gasteiger partial charge in [0.1, 0.15) is 0 Å². The molecular weight excluding hydrogens is 228 g/mol. The topological polar surface area (TPSA) is 0 Å². The summed E-state index contributed by atoms with van der Waals surface area (Å²) in [5.41, 5.74) is 0.505. The van der Waals surface area contributed by atoms with Crippen LogP contribution in [0.25, 0.3) is 0 Å². The van der Waals surface area contributed by atoms with Crippen LogP contribution in [0, 0.1) is 40.9 Å². The third-order valence-corrected chi connectivity index (χ3v) is 4.83. The molecule has 0 N–H and O–H groups in total. The summed E-state index contributed by atoms with van der Waals surface area (Å²) in [5.74, 6) is 4.74. The van der Waals surface area contributed by atoms with Crippen molar-refractivity contribution >= 4 is 0 Å². The van der Waals surface area contributed by atoms with Gasteiger partial charge in [-0.25, -0.2) is 0 Å². The van der Waals surface area contributed by atoms with E-state index in [2.05, 4.69) is 69.2 Å². The van der Waals surface area contributed by atoms with Crippen LogP contribution in [0.5, 0.6) is 0 Å². The minimum atomic E-state index is 0.505. The molecule has 0 aromatic heterocycles. The van der Waals surface area contributed by atoms with Gasteiger partial charge in [-0.05, 0) is 53.8 Å². The van der Waals surface area contributed by atoms with Gasteiger partial charge in [-0.3, -0.25) is 0 Å². The Kier molecular flexibility index (Phi) is 7.70. The third kappa shape index (κ3) is 5.12. The zero-order chi connectivity index (χ0) is 15.4. The van der Waals surface area contributed by atoms with Gasteiger partial charge in [0.15, 0.2) is 0 Å². The predicted octanol–water partition coefficient (Wildman–Crippen LogP) is 6.65. The minimum absolute atomic E-state index is 0.505. The summed E-state index contributed by atoms with van der Waals surface area (Å²) >= 11 is 0. The van der Waals surface area contributed by atoms with Crippen molar-refractivity contribution in [1.82, 2.24) is 0 Å². The molecule has 0 aromatic carbocycles. The van der Waals surface area contributed by atoms with Crippen LogP contribution < -0.4 is 0 Å². The van der Waals surface area contributed by atoms with Crippen molar-refractivity contribution in [2.24, 2.45) is 40.9 Å². The van der Waals surface area contributed by atoms with E-state index in [4.69, 9.17) is 0 Å². The Morgan fingerprint density at radius 1 is 0.579 bits per heavy atom. The summed E-state index contributed by atoms with van der Waals surface area (Å²) in [6.45, 7) is 24.2. The van der Waals surface area contributed by atoms with Crippen LogP contribution in [0.2, 0.25) is 0 Å². The number of rotatable bonds is 8. The summed E-state index contributed by atoms with van der Waals surface area (Å²) in [6.07, 6.45) is 2.76. The summed E-state index contributed by atoms with van der Waals surface area (Å²) < 4.78 is 0. The average Bonchev–Trinajstić information content (AvgIpc) is 2.12.